The molecule has 0 bridgehead atoms. The van der Waals surface area contributed by atoms with Crippen molar-refractivity contribution in [2.24, 2.45) is 0 Å². The zero-order valence-corrected chi connectivity index (χ0v) is 39.5. The number of ether oxygens (including phenoxy) is 6. The van der Waals surface area contributed by atoms with Crippen LogP contribution in [0.5, 0.6) is 0 Å². The summed E-state index contributed by atoms with van der Waals surface area (Å²) in [5, 5.41) is 72.5. The van der Waals surface area contributed by atoms with Gasteiger partial charge in [-0.2, -0.15) is 0 Å². The molecule has 2 saturated heterocycles. The van der Waals surface area contributed by atoms with Crippen molar-refractivity contribution < 1.29 is 73.8 Å². The van der Waals surface area contributed by atoms with Gasteiger partial charge in [-0.05, 0) is 38.5 Å². The minimum atomic E-state index is -1.81. The zero-order valence-electron chi connectivity index (χ0n) is 39.5. The molecule has 0 spiro atoms. The highest BCUT2D eigenvalue weighted by Crippen LogP contribution is 2.30. The Kier molecular flexibility index (Phi) is 34.0. The third-order valence-electron chi connectivity index (χ3n) is 12.3. The van der Waals surface area contributed by atoms with E-state index in [4.69, 9.17) is 28.4 Å². The van der Waals surface area contributed by atoms with E-state index in [1.807, 2.05) is 0 Å². The minimum Gasteiger partial charge on any atom is -0.462 e. The van der Waals surface area contributed by atoms with E-state index in [2.05, 4.69) is 26.0 Å². The largest absolute Gasteiger partial charge is 0.462 e. The monoisotopic (exact) mass is 919 g/mol. The van der Waals surface area contributed by atoms with Gasteiger partial charge in [0.15, 0.2) is 18.7 Å². The van der Waals surface area contributed by atoms with E-state index in [9.17, 15) is 45.3 Å². The van der Waals surface area contributed by atoms with Crippen molar-refractivity contribution >= 4 is 11.9 Å². The maximum absolute atomic E-state index is 13.0. The van der Waals surface area contributed by atoms with Crippen LogP contribution in [0, 0.1) is 0 Å². The summed E-state index contributed by atoms with van der Waals surface area (Å²) in [5.74, 6) is -0.927. The Balaban J connectivity index is 1.83. The molecule has 64 heavy (non-hydrogen) atoms. The molecule has 0 aromatic heterocycles. The molecule has 0 radical (unpaired) electrons. The van der Waals surface area contributed by atoms with E-state index in [0.717, 1.165) is 57.8 Å². The molecule has 0 saturated carbocycles. The molecule has 15 nitrogen and oxygen atoms in total. The van der Waals surface area contributed by atoms with E-state index in [1.54, 1.807) is 0 Å². The molecule has 0 aromatic rings. The number of hydrogen-bond acceptors (Lipinski definition) is 15. The van der Waals surface area contributed by atoms with Crippen molar-refractivity contribution in [2.45, 2.75) is 261 Å². The molecule has 11 atom stereocenters. The maximum Gasteiger partial charge on any atom is 0.306 e. The molecule has 11 unspecified atom stereocenters. The normalized spacial score (nSPS) is 26.6. The van der Waals surface area contributed by atoms with Gasteiger partial charge >= 0.3 is 11.9 Å². The number of carbonyl (C=O) groups is 2. The molecule has 0 amide bonds. The Hall–Kier alpha value is -1.76. The highest BCUT2D eigenvalue weighted by Gasteiger charge is 2.51. The lowest BCUT2D eigenvalue weighted by Crippen LogP contribution is -2.65. The van der Waals surface area contributed by atoms with Crippen LogP contribution in [0.15, 0.2) is 12.2 Å². The average Bonchev–Trinajstić information content (AvgIpc) is 3.29. The van der Waals surface area contributed by atoms with Gasteiger partial charge in [0.05, 0.1) is 19.8 Å². The van der Waals surface area contributed by atoms with Crippen LogP contribution in [0.2, 0.25) is 0 Å². The van der Waals surface area contributed by atoms with Crippen LogP contribution in [0.25, 0.3) is 0 Å². The molecule has 0 aromatic carbocycles. The smallest absolute Gasteiger partial charge is 0.306 e. The number of carbonyl (C=O) groups excluding carboxylic acids is 2. The molecular formula is C49H90O15. The fourth-order valence-electron chi connectivity index (χ4n) is 8.22. The average molecular weight is 919 g/mol. The van der Waals surface area contributed by atoms with Gasteiger partial charge in [-0.15, -0.1) is 0 Å². The van der Waals surface area contributed by atoms with E-state index < -0.39 is 92.7 Å². The van der Waals surface area contributed by atoms with Gasteiger partial charge in [0.2, 0.25) is 0 Å². The summed E-state index contributed by atoms with van der Waals surface area (Å²) in [6.45, 7) is 2.32. The Bertz CT molecular complexity index is 1170. The molecule has 0 aliphatic carbocycles. The second kappa shape index (κ2) is 37.2. The Morgan fingerprint density at radius 1 is 0.516 bits per heavy atom. The van der Waals surface area contributed by atoms with Crippen LogP contribution in [0.3, 0.4) is 0 Å². The zero-order chi connectivity index (χ0) is 46.8. The van der Waals surface area contributed by atoms with Crippen LogP contribution >= 0.6 is 0 Å². The van der Waals surface area contributed by atoms with E-state index in [-0.39, 0.29) is 26.1 Å². The summed E-state index contributed by atoms with van der Waals surface area (Å²) in [7, 11) is 0. The summed E-state index contributed by atoms with van der Waals surface area (Å²) in [5.41, 5.74) is 0. The van der Waals surface area contributed by atoms with Crippen molar-refractivity contribution in [1.82, 2.24) is 0 Å². The van der Waals surface area contributed by atoms with Gasteiger partial charge in [-0.1, -0.05) is 154 Å². The summed E-state index contributed by atoms with van der Waals surface area (Å²) < 4.78 is 33.6. The van der Waals surface area contributed by atoms with Crippen molar-refractivity contribution in [1.29, 1.82) is 0 Å². The number of esters is 2. The SMILES string of the molecule is CCCCCCCC/C=C\CCCCCCCC(=O)OCC(COC1OC(CO)C(OC2C(CO)OC(O)C(O)C2O)C(O)C1O)OC(=O)CCCCCCCCCCCCCCC. The Labute approximate surface area is 384 Å². The topological polar surface area (TPSA) is 231 Å². The third-order valence-corrected chi connectivity index (χ3v) is 12.3. The fourth-order valence-corrected chi connectivity index (χ4v) is 8.22. The van der Waals surface area contributed by atoms with Crippen molar-refractivity contribution in [3.05, 3.63) is 12.2 Å². The predicted molar refractivity (Wildman–Crippen MR) is 243 cm³/mol. The summed E-state index contributed by atoms with van der Waals surface area (Å²) >= 11 is 0. The second-order valence-corrected chi connectivity index (χ2v) is 18.0. The fraction of sp³-hybridized carbons (Fsp3) is 0.918. The molecular weight excluding hydrogens is 829 g/mol. The van der Waals surface area contributed by atoms with Gasteiger partial charge in [-0.3, -0.25) is 9.59 Å². The molecule has 2 aliphatic rings. The predicted octanol–water partition coefficient (Wildman–Crippen LogP) is 6.60. The number of rotatable bonds is 39. The van der Waals surface area contributed by atoms with E-state index >= 15 is 0 Å². The first-order chi connectivity index (χ1) is 31.1. The van der Waals surface area contributed by atoms with E-state index in [1.165, 1.54) is 96.3 Å². The molecule has 376 valence electrons. The molecule has 2 heterocycles. The first-order valence-electron chi connectivity index (χ1n) is 25.3. The molecule has 15 heteroatoms. The lowest BCUT2D eigenvalue weighted by atomic mass is 9.95. The first kappa shape index (κ1) is 58.4. The number of allylic oxidation sites excluding steroid dienone is 2. The first-order valence-corrected chi connectivity index (χ1v) is 25.3. The Morgan fingerprint density at radius 2 is 0.938 bits per heavy atom. The minimum absolute atomic E-state index is 0.168. The summed E-state index contributed by atoms with van der Waals surface area (Å²) in [6.07, 6.45) is 17.8. The summed E-state index contributed by atoms with van der Waals surface area (Å²) in [4.78, 5) is 25.7. The molecule has 2 fully saturated rings. The number of aliphatic hydroxyl groups is 7. The number of hydrogen-bond donors (Lipinski definition) is 7. The van der Waals surface area contributed by atoms with Crippen LogP contribution in [0.4, 0.5) is 0 Å². The van der Waals surface area contributed by atoms with Gasteiger partial charge in [0.25, 0.3) is 0 Å². The van der Waals surface area contributed by atoms with Crippen molar-refractivity contribution in [3.8, 4) is 0 Å². The quantitative estimate of drug-likeness (QED) is 0.0196. The lowest BCUT2D eigenvalue weighted by molar-refractivity contribution is -0.344. The Morgan fingerprint density at radius 3 is 1.42 bits per heavy atom. The highest BCUT2D eigenvalue weighted by molar-refractivity contribution is 5.70. The highest BCUT2D eigenvalue weighted by atomic mass is 16.7. The van der Waals surface area contributed by atoms with Crippen molar-refractivity contribution in [3.63, 3.8) is 0 Å². The molecule has 7 N–H and O–H groups in total. The van der Waals surface area contributed by atoms with Crippen molar-refractivity contribution in [2.75, 3.05) is 26.4 Å². The standard InChI is InChI=1S/C49H90O15/c1-3-5-7-9-11-13-15-17-18-20-21-23-25-27-29-31-40(52)59-35-37(61-41(53)32-30-28-26-24-22-19-16-14-12-10-8-6-4-2)36-60-49-45(57)43(55)47(39(34-51)63-49)64-46-38(33-50)62-48(58)44(56)42(46)54/h17-18,37-39,42-51,54-58H,3-16,19-36H2,1-2H3/b18-17-. The van der Waals surface area contributed by atoms with E-state index in [0.29, 0.717) is 12.8 Å². The van der Waals surface area contributed by atoms with Gasteiger partial charge in [-0.25, -0.2) is 0 Å². The lowest BCUT2D eigenvalue weighted by Gasteiger charge is -2.46. The number of aliphatic hydroxyl groups excluding tert-OH is 7. The maximum atomic E-state index is 13.0. The molecule has 2 rings (SSSR count). The van der Waals surface area contributed by atoms with Crippen LogP contribution < -0.4 is 0 Å². The number of unbranched alkanes of at least 4 members (excludes halogenated alkanes) is 23. The summed E-state index contributed by atoms with van der Waals surface area (Å²) in [6, 6.07) is 0. The van der Waals surface area contributed by atoms with Crippen LogP contribution in [-0.4, -0.2) is 142 Å². The van der Waals surface area contributed by atoms with Gasteiger partial charge in [0, 0.05) is 12.8 Å². The van der Waals surface area contributed by atoms with Crippen LogP contribution in [0.1, 0.15) is 194 Å². The van der Waals surface area contributed by atoms with Gasteiger partial charge < -0.3 is 64.2 Å². The molecule has 2 aliphatic heterocycles. The van der Waals surface area contributed by atoms with Gasteiger partial charge in [0.1, 0.15) is 55.4 Å². The van der Waals surface area contributed by atoms with Crippen LogP contribution in [-0.2, 0) is 38.0 Å². The second-order valence-electron chi connectivity index (χ2n) is 18.0. The third kappa shape index (κ3) is 24.8.